The van der Waals surface area contributed by atoms with E-state index >= 15 is 0 Å². The minimum absolute atomic E-state index is 0.0149. The summed E-state index contributed by atoms with van der Waals surface area (Å²) in [7, 11) is 0. The third-order valence-electron chi connectivity index (χ3n) is 6.35. The second-order valence-electron chi connectivity index (χ2n) is 9.50. The average molecular weight is 515 g/mol. The van der Waals surface area contributed by atoms with Gasteiger partial charge in [-0.3, -0.25) is 9.59 Å². The van der Waals surface area contributed by atoms with E-state index in [1.165, 1.54) is 23.9 Å². The molecule has 0 aromatic heterocycles. The van der Waals surface area contributed by atoms with Gasteiger partial charge in [0.1, 0.15) is 11.1 Å². The lowest BCUT2D eigenvalue weighted by molar-refractivity contribution is -0.121. The number of thioether (sulfide) groups is 1. The average Bonchev–Trinajstić information content (AvgIpc) is 3.43. The quantitative estimate of drug-likeness (QED) is 0.458. The number of aryl methyl sites for hydroxylation is 3. The molecule has 2 heterocycles. The minimum atomic E-state index is -0.621. The fourth-order valence-corrected chi connectivity index (χ4v) is 5.64. The monoisotopic (exact) mass is 514 g/mol. The number of benzene rings is 3. The van der Waals surface area contributed by atoms with Gasteiger partial charge >= 0.3 is 0 Å². The highest BCUT2D eigenvalue weighted by molar-refractivity contribution is 8.15. The predicted molar refractivity (Wildman–Crippen MR) is 146 cm³/mol. The second-order valence-corrected chi connectivity index (χ2v) is 10.7. The Bertz CT molecular complexity index is 1400. The number of carbonyl (C=O) groups is 2. The Morgan fingerprint density at radius 2 is 1.68 bits per heavy atom. The predicted octanol–water partition coefficient (Wildman–Crippen LogP) is 5.93. The van der Waals surface area contributed by atoms with Gasteiger partial charge in [-0.05, 0) is 67.3 Å². The summed E-state index contributed by atoms with van der Waals surface area (Å²) in [5.74, 6) is -0.888. The van der Waals surface area contributed by atoms with Crippen LogP contribution in [-0.2, 0) is 9.59 Å². The molecule has 1 N–H and O–H groups in total. The van der Waals surface area contributed by atoms with E-state index < -0.39 is 5.25 Å². The molecule has 2 amide bonds. The minimum Gasteiger partial charge on any atom is -0.326 e. The van der Waals surface area contributed by atoms with Crippen LogP contribution in [0.4, 0.5) is 10.1 Å². The smallest absolute Gasteiger partial charge is 0.262 e. The maximum Gasteiger partial charge on any atom is 0.262 e. The van der Waals surface area contributed by atoms with E-state index in [4.69, 9.17) is 5.10 Å². The van der Waals surface area contributed by atoms with E-state index in [0.29, 0.717) is 17.3 Å². The van der Waals surface area contributed by atoms with Gasteiger partial charge in [0, 0.05) is 18.5 Å². The summed E-state index contributed by atoms with van der Waals surface area (Å²) in [4.78, 5) is 29.9. The van der Waals surface area contributed by atoms with Crippen molar-refractivity contribution in [2.45, 2.75) is 44.9 Å². The van der Waals surface area contributed by atoms with Gasteiger partial charge < -0.3 is 5.32 Å². The van der Waals surface area contributed by atoms with E-state index in [1.807, 2.05) is 63.2 Å². The van der Waals surface area contributed by atoms with E-state index in [0.717, 1.165) is 33.5 Å². The molecule has 8 heteroatoms. The van der Waals surface area contributed by atoms with Crippen LogP contribution in [0.1, 0.15) is 46.7 Å². The molecule has 0 spiro atoms. The molecular formula is C29H27FN4O2S. The van der Waals surface area contributed by atoms with Gasteiger partial charge in [0.25, 0.3) is 5.91 Å². The summed E-state index contributed by atoms with van der Waals surface area (Å²) in [6, 6.07) is 20.1. The molecule has 0 saturated heterocycles. The number of amides is 2. The Morgan fingerprint density at radius 1 is 1.00 bits per heavy atom. The molecule has 0 radical (unpaired) electrons. The molecule has 0 unspecified atom stereocenters. The molecule has 2 aliphatic rings. The van der Waals surface area contributed by atoms with Crippen molar-refractivity contribution in [3.05, 3.63) is 100 Å². The molecular weight excluding hydrogens is 487 g/mol. The Kier molecular flexibility index (Phi) is 6.93. The Labute approximate surface area is 219 Å². The van der Waals surface area contributed by atoms with Crippen molar-refractivity contribution in [3.63, 3.8) is 0 Å². The van der Waals surface area contributed by atoms with Crippen LogP contribution in [0, 0.1) is 26.6 Å². The third-order valence-corrected chi connectivity index (χ3v) is 7.49. The number of hydrazone groups is 1. The summed E-state index contributed by atoms with van der Waals surface area (Å²) >= 11 is 1.26. The summed E-state index contributed by atoms with van der Waals surface area (Å²) in [6.45, 7) is 5.97. The largest absolute Gasteiger partial charge is 0.326 e. The first-order valence-electron chi connectivity index (χ1n) is 12.1. The molecule has 2 atom stereocenters. The molecule has 3 aromatic carbocycles. The Hall–Kier alpha value is -3.78. The number of rotatable bonds is 5. The highest BCUT2D eigenvalue weighted by atomic mass is 32.2. The number of carbonyl (C=O) groups excluding carboxylic acids is 2. The van der Waals surface area contributed by atoms with Crippen molar-refractivity contribution in [3.8, 4) is 0 Å². The fourth-order valence-electron chi connectivity index (χ4n) is 4.58. The van der Waals surface area contributed by atoms with E-state index in [1.54, 1.807) is 17.1 Å². The van der Waals surface area contributed by atoms with Crippen LogP contribution in [0.2, 0.25) is 0 Å². The van der Waals surface area contributed by atoms with Crippen LogP contribution in [0.25, 0.3) is 0 Å². The number of aliphatic imine (C=N–C) groups is 1. The first kappa shape index (κ1) is 24.9. The van der Waals surface area contributed by atoms with E-state index in [-0.39, 0.29) is 30.1 Å². The third kappa shape index (κ3) is 5.64. The van der Waals surface area contributed by atoms with Crippen molar-refractivity contribution in [2.75, 3.05) is 5.32 Å². The van der Waals surface area contributed by atoms with Crippen LogP contribution in [-0.4, -0.2) is 33.0 Å². The zero-order valence-corrected chi connectivity index (χ0v) is 21.7. The molecule has 0 bridgehead atoms. The summed E-state index contributed by atoms with van der Waals surface area (Å²) < 4.78 is 13.5. The first-order valence-corrected chi connectivity index (χ1v) is 13.0. The maximum atomic E-state index is 13.5. The van der Waals surface area contributed by atoms with Gasteiger partial charge in [-0.1, -0.05) is 59.8 Å². The number of nitrogens with one attached hydrogen (secondary N) is 1. The van der Waals surface area contributed by atoms with E-state index in [2.05, 4.69) is 10.3 Å². The van der Waals surface area contributed by atoms with Crippen molar-refractivity contribution < 1.29 is 14.0 Å². The van der Waals surface area contributed by atoms with Crippen LogP contribution in [0.15, 0.2) is 76.8 Å². The van der Waals surface area contributed by atoms with Crippen molar-refractivity contribution >= 4 is 40.1 Å². The Morgan fingerprint density at radius 3 is 2.35 bits per heavy atom. The van der Waals surface area contributed by atoms with Gasteiger partial charge in [0.05, 0.1) is 11.8 Å². The zero-order chi connectivity index (χ0) is 26.1. The standard InChI is InChI=1S/C29H27FN4O2S/c1-17-4-6-21(7-5-17)25-15-24(20-8-10-22(30)11-9-20)33-34(25)29-32-28(36)26(37-29)16-27(35)31-23-13-18(2)12-19(3)14-23/h4-14,25-26H,15-16H2,1-3H3,(H,31,35)/t25-,26-/m1/s1. The lowest BCUT2D eigenvalue weighted by atomic mass is 9.98. The van der Waals surface area contributed by atoms with Gasteiger partial charge in [0.2, 0.25) is 5.91 Å². The van der Waals surface area contributed by atoms with E-state index in [9.17, 15) is 14.0 Å². The number of nitrogens with zero attached hydrogens (tertiary/aromatic N) is 3. The van der Waals surface area contributed by atoms with Gasteiger partial charge in [-0.15, -0.1) is 0 Å². The molecule has 6 nitrogen and oxygen atoms in total. The molecule has 0 saturated carbocycles. The fraction of sp³-hybridized carbons (Fsp3) is 0.241. The number of hydrogen-bond acceptors (Lipinski definition) is 5. The highest BCUT2D eigenvalue weighted by Crippen LogP contribution is 2.38. The molecule has 5 rings (SSSR count). The number of amidine groups is 1. The van der Waals surface area contributed by atoms with Gasteiger partial charge in [-0.2, -0.15) is 10.1 Å². The molecule has 0 fully saturated rings. The van der Waals surface area contributed by atoms with Gasteiger partial charge in [-0.25, -0.2) is 9.40 Å². The van der Waals surface area contributed by atoms with Crippen LogP contribution in [0.5, 0.6) is 0 Å². The topological polar surface area (TPSA) is 74.1 Å². The normalized spacial score (nSPS) is 19.1. The number of halogens is 1. The van der Waals surface area contributed by atoms with Crippen LogP contribution in [0.3, 0.4) is 0 Å². The number of anilines is 1. The molecule has 0 aliphatic carbocycles. The molecule has 188 valence electrons. The molecule has 2 aliphatic heterocycles. The van der Waals surface area contributed by atoms with Crippen molar-refractivity contribution in [2.24, 2.45) is 10.1 Å². The highest BCUT2D eigenvalue weighted by Gasteiger charge is 2.39. The molecule has 3 aromatic rings. The summed E-state index contributed by atoms with van der Waals surface area (Å²) in [6.07, 6.45) is 0.599. The Balaban J connectivity index is 1.35. The second kappa shape index (κ2) is 10.3. The molecule has 37 heavy (non-hydrogen) atoms. The zero-order valence-electron chi connectivity index (χ0n) is 20.9. The van der Waals surface area contributed by atoms with Crippen LogP contribution < -0.4 is 5.32 Å². The first-order chi connectivity index (χ1) is 17.7. The lowest BCUT2D eigenvalue weighted by Gasteiger charge is -2.23. The van der Waals surface area contributed by atoms with Crippen molar-refractivity contribution in [1.82, 2.24) is 5.01 Å². The maximum absolute atomic E-state index is 13.5. The number of hydrogen-bond donors (Lipinski definition) is 1. The van der Waals surface area contributed by atoms with Gasteiger partial charge in [0.15, 0.2) is 5.17 Å². The lowest BCUT2D eigenvalue weighted by Crippen LogP contribution is -2.25. The van der Waals surface area contributed by atoms with Crippen molar-refractivity contribution in [1.29, 1.82) is 0 Å². The summed E-state index contributed by atoms with van der Waals surface area (Å²) in [5, 5.41) is 9.33. The van der Waals surface area contributed by atoms with Crippen LogP contribution >= 0.6 is 11.8 Å². The summed E-state index contributed by atoms with van der Waals surface area (Å²) in [5.41, 5.74) is 6.62. The SMILES string of the molecule is Cc1ccc([C@H]2CC(c3ccc(F)cc3)=NN2C2=NC(=O)[C@@H](CC(=O)Nc3cc(C)cc(C)c3)S2)cc1.